The highest BCUT2D eigenvalue weighted by atomic mass is 79.9. The van der Waals surface area contributed by atoms with Gasteiger partial charge in [0.2, 0.25) is 0 Å². The Labute approximate surface area is 92.3 Å². The number of rotatable bonds is 1. The average molecular weight is 250 g/mol. The molecule has 0 N–H and O–H groups in total. The van der Waals surface area contributed by atoms with Crippen molar-refractivity contribution in [2.45, 2.75) is 18.7 Å². The van der Waals surface area contributed by atoms with Gasteiger partial charge < -0.3 is 0 Å². The second kappa shape index (κ2) is 3.70. The molecule has 0 amide bonds. The van der Waals surface area contributed by atoms with Gasteiger partial charge in [-0.1, -0.05) is 22.0 Å². The SMILES string of the molecule is Cc1cc2ncccc2cc1C(C)Br. The topological polar surface area (TPSA) is 12.9 Å². The van der Waals surface area contributed by atoms with Crippen molar-refractivity contribution in [3.8, 4) is 0 Å². The van der Waals surface area contributed by atoms with Crippen molar-refractivity contribution in [2.75, 3.05) is 0 Å². The highest BCUT2D eigenvalue weighted by molar-refractivity contribution is 9.09. The minimum atomic E-state index is 0.395. The van der Waals surface area contributed by atoms with E-state index in [9.17, 15) is 0 Å². The Bertz CT molecular complexity index is 463. The van der Waals surface area contributed by atoms with Gasteiger partial charge in [-0.25, -0.2) is 0 Å². The highest BCUT2D eigenvalue weighted by Crippen LogP contribution is 2.28. The van der Waals surface area contributed by atoms with E-state index in [1.807, 2.05) is 12.3 Å². The van der Waals surface area contributed by atoms with E-state index in [0.29, 0.717) is 4.83 Å². The highest BCUT2D eigenvalue weighted by Gasteiger charge is 2.06. The van der Waals surface area contributed by atoms with Crippen LogP contribution in [0.2, 0.25) is 0 Å². The Kier molecular flexibility index (Phi) is 2.55. The Hall–Kier alpha value is -0.890. The number of nitrogens with zero attached hydrogens (tertiary/aromatic N) is 1. The van der Waals surface area contributed by atoms with Crippen molar-refractivity contribution >= 4 is 26.8 Å². The van der Waals surface area contributed by atoms with Gasteiger partial charge in [0.15, 0.2) is 0 Å². The van der Waals surface area contributed by atoms with Gasteiger partial charge in [0.1, 0.15) is 0 Å². The zero-order valence-electron chi connectivity index (χ0n) is 8.29. The van der Waals surface area contributed by atoms with Crippen LogP contribution < -0.4 is 0 Å². The first-order valence-electron chi connectivity index (χ1n) is 4.68. The van der Waals surface area contributed by atoms with E-state index in [2.05, 4.69) is 53.0 Å². The first kappa shape index (κ1) is 9.66. The molecule has 0 spiro atoms. The van der Waals surface area contributed by atoms with E-state index >= 15 is 0 Å². The van der Waals surface area contributed by atoms with Crippen LogP contribution >= 0.6 is 15.9 Å². The summed E-state index contributed by atoms with van der Waals surface area (Å²) in [7, 11) is 0. The van der Waals surface area contributed by atoms with Crippen LogP contribution in [0.25, 0.3) is 10.9 Å². The van der Waals surface area contributed by atoms with Crippen molar-refractivity contribution in [1.82, 2.24) is 4.98 Å². The van der Waals surface area contributed by atoms with Crippen LogP contribution in [0.3, 0.4) is 0 Å². The number of benzene rings is 1. The molecule has 14 heavy (non-hydrogen) atoms. The molecular formula is C12H12BrN. The predicted octanol–water partition coefficient (Wildman–Crippen LogP) is 4.00. The maximum Gasteiger partial charge on any atom is 0.0704 e. The van der Waals surface area contributed by atoms with Crippen molar-refractivity contribution in [3.05, 3.63) is 41.6 Å². The predicted molar refractivity (Wildman–Crippen MR) is 63.8 cm³/mol. The van der Waals surface area contributed by atoms with Crippen molar-refractivity contribution in [3.63, 3.8) is 0 Å². The molecule has 2 heteroatoms. The van der Waals surface area contributed by atoms with Gasteiger partial charge in [0, 0.05) is 16.4 Å². The molecule has 0 aliphatic rings. The summed E-state index contributed by atoms with van der Waals surface area (Å²) >= 11 is 3.60. The molecule has 1 atom stereocenters. The number of aromatic nitrogens is 1. The van der Waals surface area contributed by atoms with Gasteiger partial charge >= 0.3 is 0 Å². The summed E-state index contributed by atoms with van der Waals surface area (Å²) in [6.45, 7) is 4.27. The lowest BCUT2D eigenvalue weighted by Crippen LogP contribution is -1.90. The van der Waals surface area contributed by atoms with Crippen LogP contribution in [0.15, 0.2) is 30.5 Å². The zero-order valence-corrected chi connectivity index (χ0v) is 9.88. The fraction of sp³-hybridized carbons (Fsp3) is 0.250. The van der Waals surface area contributed by atoms with Gasteiger partial charge in [-0.15, -0.1) is 0 Å². The van der Waals surface area contributed by atoms with Crippen molar-refractivity contribution in [1.29, 1.82) is 0 Å². The van der Waals surface area contributed by atoms with Gasteiger partial charge in [-0.05, 0) is 43.2 Å². The lowest BCUT2D eigenvalue weighted by Gasteiger charge is -2.09. The maximum absolute atomic E-state index is 4.33. The molecule has 72 valence electrons. The van der Waals surface area contributed by atoms with E-state index in [1.54, 1.807) is 0 Å². The Morgan fingerprint density at radius 2 is 2.14 bits per heavy atom. The molecule has 1 aromatic carbocycles. The molecule has 0 bridgehead atoms. The van der Waals surface area contributed by atoms with Crippen molar-refractivity contribution < 1.29 is 0 Å². The number of alkyl halides is 1. The molecular weight excluding hydrogens is 238 g/mol. The summed E-state index contributed by atoms with van der Waals surface area (Å²) in [5, 5.41) is 1.21. The quantitative estimate of drug-likeness (QED) is 0.697. The van der Waals surface area contributed by atoms with Crippen LogP contribution in [0.4, 0.5) is 0 Å². The largest absolute Gasteiger partial charge is 0.256 e. The second-order valence-corrected chi connectivity index (χ2v) is 4.89. The molecule has 1 heterocycles. The number of halogens is 1. The van der Waals surface area contributed by atoms with Gasteiger partial charge in [0.05, 0.1) is 5.52 Å². The number of fused-ring (bicyclic) bond motifs is 1. The molecule has 0 saturated carbocycles. The molecule has 0 saturated heterocycles. The van der Waals surface area contributed by atoms with Crippen LogP contribution in [0.1, 0.15) is 22.9 Å². The standard InChI is InChI=1S/C12H12BrN/c1-8-6-12-10(4-3-5-14-12)7-11(8)9(2)13/h3-7,9H,1-2H3. The van der Waals surface area contributed by atoms with E-state index in [4.69, 9.17) is 0 Å². The van der Waals surface area contributed by atoms with Crippen LogP contribution in [0, 0.1) is 6.92 Å². The molecule has 2 rings (SSSR count). The minimum absolute atomic E-state index is 0.395. The number of pyridine rings is 1. The normalized spacial score (nSPS) is 13.1. The number of hydrogen-bond acceptors (Lipinski definition) is 1. The van der Waals surface area contributed by atoms with E-state index in [1.165, 1.54) is 16.5 Å². The number of hydrogen-bond donors (Lipinski definition) is 0. The number of aryl methyl sites for hydroxylation is 1. The Balaban J connectivity index is 2.71. The lowest BCUT2D eigenvalue weighted by molar-refractivity contribution is 1.10. The molecule has 1 nitrogen and oxygen atoms in total. The summed E-state index contributed by atoms with van der Waals surface area (Å²) in [4.78, 5) is 4.72. The molecule has 2 aromatic rings. The summed E-state index contributed by atoms with van der Waals surface area (Å²) < 4.78 is 0. The fourth-order valence-electron chi connectivity index (χ4n) is 1.67. The van der Waals surface area contributed by atoms with Crippen LogP contribution in [-0.2, 0) is 0 Å². The van der Waals surface area contributed by atoms with E-state index in [-0.39, 0.29) is 0 Å². The monoisotopic (exact) mass is 249 g/mol. The second-order valence-electron chi connectivity index (χ2n) is 3.52. The smallest absolute Gasteiger partial charge is 0.0704 e. The first-order valence-corrected chi connectivity index (χ1v) is 5.59. The molecule has 0 aliphatic carbocycles. The Morgan fingerprint density at radius 1 is 1.36 bits per heavy atom. The van der Waals surface area contributed by atoms with E-state index < -0.39 is 0 Å². The maximum atomic E-state index is 4.33. The summed E-state index contributed by atoms with van der Waals surface area (Å²) in [5.74, 6) is 0. The molecule has 0 fully saturated rings. The molecule has 0 aliphatic heterocycles. The molecule has 1 unspecified atom stereocenters. The summed E-state index contributed by atoms with van der Waals surface area (Å²) in [6, 6.07) is 8.42. The average Bonchev–Trinajstić information content (AvgIpc) is 2.16. The van der Waals surface area contributed by atoms with Gasteiger partial charge in [0.25, 0.3) is 0 Å². The summed E-state index contributed by atoms with van der Waals surface area (Å²) in [6.07, 6.45) is 1.83. The Morgan fingerprint density at radius 3 is 2.86 bits per heavy atom. The van der Waals surface area contributed by atoms with Crippen molar-refractivity contribution in [2.24, 2.45) is 0 Å². The third-order valence-electron chi connectivity index (χ3n) is 2.42. The third-order valence-corrected chi connectivity index (χ3v) is 2.91. The van der Waals surface area contributed by atoms with Gasteiger partial charge in [-0.3, -0.25) is 4.98 Å². The van der Waals surface area contributed by atoms with E-state index in [0.717, 1.165) is 5.52 Å². The third kappa shape index (κ3) is 1.67. The summed E-state index contributed by atoms with van der Waals surface area (Å²) in [5.41, 5.74) is 3.70. The van der Waals surface area contributed by atoms with Crippen LogP contribution in [0.5, 0.6) is 0 Å². The minimum Gasteiger partial charge on any atom is -0.256 e. The molecule has 1 aromatic heterocycles. The van der Waals surface area contributed by atoms with Gasteiger partial charge in [-0.2, -0.15) is 0 Å². The zero-order chi connectivity index (χ0) is 10.1. The van der Waals surface area contributed by atoms with Crippen LogP contribution in [-0.4, -0.2) is 4.98 Å². The lowest BCUT2D eigenvalue weighted by atomic mass is 10.0. The first-order chi connectivity index (χ1) is 6.68. The fourth-order valence-corrected chi connectivity index (χ4v) is 2.16. The molecule has 0 radical (unpaired) electrons.